The lowest BCUT2D eigenvalue weighted by molar-refractivity contribution is 0.389. The van der Waals surface area contributed by atoms with Gasteiger partial charge in [0, 0.05) is 17.6 Å². The van der Waals surface area contributed by atoms with Crippen molar-refractivity contribution >= 4 is 28.9 Å². The average Bonchev–Trinajstić information content (AvgIpc) is 3.00. The lowest BCUT2D eigenvalue weighted by atomic mass is 9.96. The van der Waals surface area contributed by atoms with Gasteiger partial charge < -0.3 is 10.6 Å². The molecule has 0 aliphatic heterocycles. The lowest BCUT2D eigenvalue weighted by Crippen LogP contribution is -2.43. The molecule has 2 aliphatic carbocycles. The van der Waals surface area contributed by atoms with Crippen molar-refractivity contribution in [1.82, 2.24) is 10.6 Å². The first-order chi connectivity index (χ1) is 9.20. The monoisotopic (exact) mass is 294 g/mol. The molecule has 1 aromatic carbocycles. The molecule has 19 heavy (non-hydrogen) atoms. The van der Waals surface area contributed by atoms with Crippen molar-refractivity contribution in [2.24, 2.45) is 11.8 Å². The molecule has 0 unspecified atom stereocenters. The first-order valence-electron chi connectivity index (χ1n) is 6.99. The van der Waals surface area contributed by atoms with Crippen LogP contribution >= 0.6 is 23.8 Å². The summed E-state index contributed by atoms with van der Waals surface area (Å²) in [5.74, 6) is 1.79. The van der Waals surface area contributed by atoms with Crippen LogP contribution in [0.5, 0.6) is 0 Å². The largest absolute Gasteiger partial charge is 0.360 e. The smallest absolute Gasteiger partial charge is 0.166 e. The van der Waals surface area contributed by atoms with Crippen LogP contribution in [0.1, 0.15) is 31.2 Å². The number of benzene rings is 1. The van der Waals surface area contributed by atoms with Crippen molar-refractivity contribution in [3.05, 3.63) is 34.9 Å². The van der Waals surface area contributed by atoms with Gasteiger partial charge in [-0.05, 0) is 61.0 Å². The Balaban J connectivity index is 1.45. The fourth-order valence-corrected chi connectivity index (χ4v) is 3.78. The number of hydrogen-bond donors (Lipinski definition) is 2. The highest BCUT2D eigenvalue weighted by Crippen LogP contribution is 2.44. The van der Waals surface area contributed by atoms with Gasteiger partial charge in [-0.2, -0.15) is 0 Å². The van der Waals surface area contributed by atoms with Crippen LogP contribution in [0.2, 0.25) is 5.02 Å². The highest BCUT2D eigenvalue weighted by molar-refractivity contribution is 7.80. The standard InChI is InChI=1S/C15H19ClN2S/c16-13-5-2-10(3-6-13)9-17-15(19)18-14-8-11-1-4-12(14)7-11/h2-3,5-6,11-12,14H,1,4,7-9H2,(H2,17,18,19)/t11-,12-,14-/m1/s1. The highest BCUT2D eigenvalue weighted by atomic mass is 35.5. The minimum absolute atomic E-state index is 0.601. The van der Waals surface area contributed by atoms with Gasteiger partial charge >= 0.3 is 0 Å². The molecule has 2 saturated carbocycles. The van der Waals surface area contributed by atoms with Gasteiger partial charge in [0.05, 0.1) is 0 Å². The van der Waals surface area contributed by atoms with Gasteiger partial charge in [0.15, 0.2) is 5.11 Å². The van der Waals surface area contributed by atoms with E-state index >= 15 is 0 Å². The zero-order valence-electron chi connectivity index (χ0n) is 10.9. The summed E-state index contributed by atoms with van der Waals surface area (Å²) in [5.41, 5.74) is 1.20. The Kier molecular flexibility index (Phi) is 3.94. The van der Waals surface area contributed by atoms with Gasteiger partial charge in [-0.25, -0.2) is 0 Å². The van der Waals surface area contributed by atoms with E-state index in [9.17, 15) is 0 Å². The SMILES string of the molecule is S=C(NCc1ccc(Cl)cc1)N[C@@H]1C[C@@H]2CC[C@@H]1C2. The van der Waals surface area contributed by atoms with E-state index in [2.05, 4.69) is 10.6 Å². The van der Waals surface area contributed by atoms with Crippen LogP contribution in [0.3, 0.4) is 0 Å². The van der Waals surface area contributed by atoms with E-state index in [1.807, 2.05) is 24.3 Å². The third-order valence-corrected chi connectivity index (χ3v) is 4.94. The molecule has 4 heteroatoms. The Morgan fingerprint density at radius 1 is 1.21 bits per heavy atom. The summed E-state index contributed by atoms with van der Waals surface area (Å²) in [6, 6.07) is 8.46. The molecular formula is C15H19ClN2S. The number of thiocarbonyl (C=S) groups is 1. The Labute approximate surface area is 124 Å². The maximum atomic E-state index is 5.87. The minimum Gasteiger partial charge on any atom is -0.360 e. The molecule has 1 aromatic rings. The van der Waals surface area contributed by atoms with Crippen LogP contribution in [-0.4, -0.2) is 11.2 Å². The zero-order chi connectivity index (χ0) is 13.2. The fraction of sp³-hybridized carbons (Fsp3) is 0.533. The maximum absolute atomic E-state index is 5.87. The normalized spacial score (nSPS) is 28.4. The molecule has 0 heterocycles. The van der Waals surface area contributed by atoms with Crippen LogP contribution in [0.25, 0.3) is 0 Å². The number of rotatable bonds is 3. The molecule has 0 spiro atoms. The van der Waals surface area contributed by atoms with E-state index in [4.69, 9.17) is 23.8 Å². The first-order valence-corrected chi connectivity index (χ1v) is 7.78. The Morgan fingerprint density at radius 2 is 2.00 bits per heavy atom. The Hall–Kier alpha value is -0.800. The van der Waals surface area contributed by atoms with Crippen molar-refractivity contribution in [1.29, 1.82) is 0 Å². The lowest BCUT2D eigenvalue weighted by Gasteiger charge is -2.24. The molecule has 2 aliphatic rings. The molecule has 0 amide bonds. The molecular weight excluding hydrogens is 276 g/mol. The van der Waals surface area contributed by atoms with Gasteiger partial charge in [-0.1, -0.05) is 30.2 Å². The Bertz CT molecular complexity index is 460. The molecule has 2 fully saturated rings. The summed E-state index contributed by atoms with van der Waals surface area (Å²) in [7, 11) is 0. The third-order valence-electron chi connectivity index (χ3n) is 4.42. The van der Waals surface area contributed by atoms with Gasteiger partial charge in [0.2, 0.25) is 0 Å². The van der Waals surface area contributed by atoms with Crippen LogP contribution in [-0.2, 0) is 6.54 Å². The van der Waals surface area contributed by atoms with Crippen molar-refractivity contribution in [2.75, 3.05) is 0 Å². The minimum atomic E-state index is 0.601. The fourth-order valence-electron chi connectivity index (χ4n) is 3.43. The molecule has 0 saturated heterocycles. The summed E-state index contributed by atoms with van der Waals surface area (Å²) in [4.78, 5) is 0. The average molecular weight is 295 g/mol. The summed E-state index contributed by atoms with van der Waals surface area (Å²) >= 11 is 11.2. The second-order valence-corrected chi connectivity index (χ2v) is 6.58. The van der Waals surface area contributed by atoms with E-state index < -0.39 is 0 Å². The summed E-state index contributed by atoms with van der Waals surface area (Å²) < 4.78 is 0. The third kappa shape index (κ3) is 3.21. The van der Waals surface area contributed by atoms with Crippen molar-refractivity contribution in [2.45, 2.75) is 38.3 Å². The highest BCUT2D eigenvalue weighted by Gasteiger charge is 2.39. The number of halogens is 1. The second-order valence-electron chi connectivity index (χ2n) is 5.73. The van der Waals surface area contributed by atoms with Crippen molar-refractivity contribution in [3.63, 3.8) is 0 Å². The predicted octanol–water partition coefficient (Wildman–Crippen LogP) is 3.49. The molecule has 2 nitrogen and oxygen atoms in total. The number of fused-ring (bicyclic) bond motifs is 2. The van der Waals surface area contributed by atoms with Gasteiger partial charge in [-0.3, -0.25) is 0 Å². The molecule has 0 aromatic heterocycles. The summed E-state index contributed by atoms with van der Waals surface area (Å²) in [6.07, 6.45) is 5.50. The summed E-state index contributed by atoms with van der Waals surface area (Å²) in [6.45, 7) is 0.754. The van der Waals surface area contributed by atoms with Crippen LogP contribution in [0.4, 0.5) is 0 Å². The maximum Gasteiger partial charge on any atom is 0.166 e. The van der Waals surface area contributed by atoms with Crippen LogP contribution < -0.4 is 10.6 Å². The molecule has 3 atom stereocenters. The molecule has 2 N–H and O–H groups in total. The molecule has 0 radical (unpaired) electrons. The van der Waals surface area contributed by atoms with Crippen molar-refractivity contribution in [3.8, 4) is 0 Å². The van der Waals surface area contributed by atoms with Gasteiger partial charge in [0.1, 0.15) is 0 Å². The van der Waals surface area contributed by atoms with E-state index in [0.29, 0.717) is 6.04 Å². The van der Waals surface area contributed by atoms with E-state index in [1.165, 1.54) is 31.2 Å². The zero-order valence-corrected chi connectivity index (χ0v) is 12.4. The second kappa shape index (κ2) is 5.68. The summed E-state index contributed by atoms with van der Waals surface area (Å²) in [5, 5.41) is 8.32. The molecule has 3 rings (SSSR count). The quantitative estimate of drug-likeness (QED) is 0.835. The number of hydrogen-bond acceptors (Lipinski definition) is 1. The van der Waals surface area contributed by atoms with Crippen LogP contribution in [0.15, 0.2) is 24.3 Å². The molecule has 2 bridgehead atoms. The topological polar surface area (TPSA) is 24.1 Å². The van der Waals surface area contributed by atoms with Crippen molar-refractivity contribution < 1.29 is 0 Å². The Morgan fingerprint density at radius 3 is 2.63 bits per heavy atom. The molecule has 102 valence electrons. The van der Waals surface area contributed by atoms with Crippen LogP contribution in [0, 0.1) is 11.8 Å². The first kappa shape index (κ1) is 13.2. The number of nitrogens with one attached hydrogen (secondary N) is 2. The van der Waals surface area contributed by atoms with E-state index in [-0.39, 0.29) is 0 Å². The van der Waals surface area contributed by atoms with E-state index in [1.54, 1.807) is 0 Å². The van der Waals surface area contributed by atoms with Gasteiger partial charge in [0.25, 0.3) is 0 Å². The van der Waals surface area contributed by atoms with Gasteiger partial charge in [-0.15, -0.1) is 0 Å². The predicted molar refractivity (Wildman–Crippen MR) is 83.3 cm³/mol. The van der Waals surface area contributed by atoms with E-state index in [0.717, 1.165) is 28.5 Å².